The first-order valence-corrected chi connectivity index (χ1v) is 8.52. The highest BCUT2D eigenvalue weighted by molar-refractivity contribution is 6.12. The van der Waals surface area contributed by atoms with Gasteiger partial charge in [0.2, 0.25) is 5.91 Å². The lowest BCUT2D eigenvalue weighted by molar-refractivity contribution is -0.114. The van der Waals surface area contributed by atoms with Crippen LogP contribution in [-0.4, -0.2) is 16.8 Å². The number of benzene rings is 2. The second-order valence-electron chi connectivity index (χ2n) is 6.48. The van der Waals surface area contributed by atoms with Crippen LogP contribution < -0.4 is 10.6 Å². The molecule has 3 aromatic rings. The Hall–Kier alpha value is -3.21. The fraction of sp³-hybridized carbons (Fsp3) is 0.190. The molecule has 0 saturated carbocycles. The minimum absolute atomic E-state index is 0.157. The van der Waals surface area contributed by atoms with E-state index >= 15 is 0 Å². The van der Waals surface area contributed by atoms with Gasteiger partial charge >= 0.3 is 0 Å². The van der Waals surface area contributed by atoms with Crippen LogP contribution in [-0.2, 0) is 4.79 Å². The number of carbonyl (C=O) groups is 2. The molecule has 0 bridgehead atoms. The molecule has 2 amide bonds. The summed E-state index contributed by atoms with van der Waals surface area (Å²) in [5, 5.41) is 6.44. The SMILES string of the molecule is CC(=O)Nc1cccc(NC(=O)c2cc(C(C)C)nc3ccccc23)c1. The van der Waals surface area contributed by atoms with Crippen molar-refractivity contribution in [2.24, 2.45) is 0 Å². The van der Waals surface area contributed by atoms with Crippen molar-refractivity contribution in [1.29, 1.82) is 0 Å². The Balaban J connectivity index is 1.96. The number of para-hydroxylation sites is 1. The summed E-state index contributed by atoms with van der Waals surface area (Å²) in [6, 6.07) is 16.5. The summed E-state index contributed by atoms with van der Waals surface area (Å²) in [6.07, 6.45) is 0. The number of pyridine rings is 1. The lowest BCUT2D eigenvalue weighted by Crippen LogP contribution is -2.14. The summed E-state index contributed by atoms with van der Waals surface area (Å²) >= 11 is 0. The highest BCUT2D eigenvalue weighted by Crippen LogP contribution is 2.24. The topological polar surface area (TPSA) is 71.1 Å². The Morgan fingerprint density at radius 3 is 2.31 bits per heavy atom. The van der Waals surface area contributed by atoms with Gasteiger partial charge in [0.15, 0.2) is 0 Å². The maximum absolute atomic E-state index is 12.9. The van der Waals surface area contributed by atoms with Gasteiger partial charge in [0.25, 0.3) is 5.91 Å². The fourth-order valence-corrected chi connectivity index (χ4v) is 2.76. The van der Waals surface area contributed by atoms with Crippen LogP contribution in [0.5, 0.6) is 0 Å². The molecule has 1 heterocycles. The van der Waals surface area contributed by atoms with Crippen molar-refractivity contribution in [3.63, 3.8) is 0 Å². The van der Waals surface area contributed by atoms with Crippen LogP contribution in [0.2, 0.25) is 0 Å². The molecule has 0 aliphatic carbocycles. The number of nitrogens with one attached hydrogen (secondary N) is 2. The summed E-state index contributed by atoms with van der Waals surface area (Å²) in [6.45, 7) is 5.55. The molecule has 132 valence electrons. The molecule has 0 spiro atoms. The molecular weight excluding hydrogens is 326 g/mol. The van der Waals surface area contributed by atoms with E-state index in [1.807, 2.05) is 30.3 Å². The quantitative estimate of drug-likeness (QED) is 0.726. The molecule has 26 heavy (non-hydrogen) atoms. The standard InChI is InChI=1S/C21H21N3O2/c1-13(2)20-12-18(17-9-4-5-10-19(17)24-20)21(26)23-16-8-6-7-15(11-16)22-14(3)25/h4-13H,1-3H3,(H,22,25)(H,23,26). The molecule has 3 rings (SSSR count). The van der Waals surface area contributed by atoms with Crippen molar-refractivity contribution in [1.82, 2.24) is 4.98 Å². The second kappa shape index (κ2) is 7.35. The van der Waals surface area contributed by atoms with Crippen LogP contribution in [0.3, 0.4) is 0 Å². The van der Waals surface area contributed by atoms with E-state index in [9.17, 15) is 9.59 Å². The Labute approximate surface area is 152 Å². The zero-order chi connectivity index (χ0) is 18.7. The number of hydrogen-bond acceptors (Lipinski definition) is 3. The van der Waals surface area contributed by atoms with E-state index in [-0.39, 0.29) is 17.7 Å². The maximum atomic E-state index is 12.9. The fourth-order valence-electron chi connectivity index (χ4n) is 2.76. The summed E-state index contributed by atoms with van der Waals surface area (Å²) in [5.41, 5.74) is 3.52. The number of fused-ring (bicyclic) bond motifs is 1. The third kappa shape index (κ3) is 3.88. The molecule has 0 unspecified atom stereocenters. The van der Waals surface area contributed by atoms with Crippen molar-refractivity contribution >= 4 is 34.1 Å². The molecule has 0 fully saturated rings. The minimum Gasteiger partial charge on any atom is -0.326 e. The van der Waals surface area contributed by atoms with E-state index in [4.69, 9.17) is 0 Å². The zero-order valence-electron chi connectivity index (χ0n) is 15.0. The Morgan fingerprint density at radius 2 is 1.62 bits per heavy atom. The monoisotopic (exact) mass is 347 g/mol. The summed E-state index contributed by atoms with van der Waals surface area (Å²) in [7, 11) is 0. The average Bonchev–Trinajstić information content (AvgIpc) is 2.60. The first-order valence-electron chi connectivity index (χ1n) is 8.52. The largest absolute Gasteiger partial charge is 0.326 e. The van der Waals surface area contributed by atoms with Crippen LogP contribution in [0.25, 0.3) is 10.9 Å². The van der Waals surface area contributed by atoms with E-state index in [2.05, 4.69) is 29.5 Å². The predicted molar refractivity (Wildman–Crippen MR) is 105 cm³/mol. The van der Waals surface area contributed by atoms with E-state index in [1.165, 1.54) is 6.92 Å². The first-order chi connectivity index (χ1) is 12.4. The van der Waals surface area contributed by atoms with Crippen molar-refractivity contribution in [2.75, 3.05) is 10.6 Å². The van der Waals surface area contributed by atoms with E-state index in [0.29, 0.717) is 16.9 Å². The molecule has 0 aliphatic rings. The lowest BCUT2D eigenvalue weighted by atomic mass is 10.0. The molecular formula is C21H21N3O2. The summed E-state index contributed by atoms with van der Waals surface area (Å²) in [4.78, 5) is 28.8. The molecule has 0 radical (unpaired) electrons. The van der Waals surface area contributed by atoms with Gasteiger partial charge in [-0.15, -0.1) is 0 Å². The summed E-state index contributed by atoms with van der Waals surface area (Å²) < 4.78 is 0. The molecule has 5 heteroatoms. The smallest absolute Gasteiger partial charge is 0.256 e. The molecule has 1 aromatic heterocycles. The van der Waals surface area contributed by atoms with Gasteiger partial charge in [-0.05, 0) is 36.2 Å². The number of aromatic nitrogens is 1. The molecule has 2 aromatic carbocycles. The third-order valence-corrected chi connectivity index (χ3v) is 4.01. The van der Waals surface area contributed by atoms with Crippen LogP contribution in [0.4, 0.5) is 11.4 Å². The Bertz CT molecular complexity index is 980. The zero-order valence-corrected chi connectivity index (χ0v) is 15.0. The van der Waals surface area contributed by atoms with Gasteiger partial charge in [-0.2, -0.15) is 0 Å². The molecule has 0 atom stereocenters. The predicted octanol–water partition coefficient (Wildman–Crippen LogP) is 4.57. The highest BCUT2D eigenvalue weighted by Gasteiger charge is 2.15. The molecule has 2 N–H and O–H groups in total. The number of carbonyl (C=O) groups excluding carboxylic acids is 2. The number of hydrogen-bond donors (Lipinski definition) is 2. The number of rotatable bonds is 4. The van der Waals surface area contributed by atoms with Gasteiger partial charge in [-0.3, -0.25) is 14.6 Å². The van der Waals surface area contributed by atoms with Crippen LogP contribution in [0.15, 0.2) is 54.6 Å². The van der Waals surface area contributed by atoms with Crippen molar-refractivity contribution < 1.29 is 9.59 Å². The van der Waals surface area contributed by atoms with E-state index < -0.39 is 0 Å². The minimum atomic E-state index is -0.203. The van der Waals surface area contributed by atoms with Crippen LogP contribution in [0, 0.1) is 0 Å². The first kappa shape index (κ1) is 17.6. The van der Waals surface area contributed by atoms with Crippen molar-refractivity contribution in [3.05, 3.63) is 65.9 Å². The normalized spacial score (nSPS) is 10.8. The van der Waals surface area contributed by atoms with E-state index in [1.54, 1.807) is 24.3 Å². The second-order valence-corrected chi connectivity index (χ2v) is 6.48. The van der Waals surface area contributed by atoms with Gasteiger partial charge in [-0.25, -0.2) is 0 Å². The van der Waals surface area contributed by atoms with Gasteiger partial charge in [0, 0.05) is 29.4 Å². The van der Waals surface area contributed by atoms with Gasteiger partial charge in [0.05, 0.1) is 11.1 Å². The van der Waals surface area contributed by atoms with Crippen LogP contribution in [0.1, 0.15) is 42.7 Å². The van der Waals surface area contributed by atoms with Gasteiger partial charge < -0.3 is 10.6 Å². The third-order valence-electron chi connectivity index (χ3n) is 4.01. The molecule has 0 saturated heterocycles. The molecule has 0 aliphatic heterocycles. The lowest BCUT2D eigenvalue weighted by Gasteiger charge is -2.12. The van der Waals surface area contributed by atoms with Gasteiger partial charge in [0.1, 0.15) is 0 Å². The van der Waals surface area contributed by atoms with Crippen LogP contribution >= 0.6 is 0 Å². The van der Waals surface area contributed by atoms with E-state index in [0.717, 1.165) is 16.6 Å². The van der Waals surface area contributed by atoms with Crippen molar-refractivity contribution in [3.8, 4) is 0 Å². The number of nitrogens with zero attached hydrogens (tertiary/aromatic N) is 1. The average molecular weight is 347 g/mol. The molecule has 5 nitrogen and oxygen atoms in total. The summed E-state index contributed by atoms with van der Waals surface area (Å²) in [5.74, 6) is -0.144. The number of anilines is 2. The Morgan fingerprint density at radius 1 is 0.923 bits per heavy atom. The highest BCUT2D eigenvalue weighted by atomic mass is 16.2. The maximum Gasteiger partial charge on any atom is 0.256 e. The Kier molecular flexibility index (Phi) is 4.98. The van der Waals surface area contributed by atoms with Gasteiger partial charge in [-0.1, -0.05) is 38.1 Å². The van der Waals surface area contributed by atoms with Crippen molar-refractivity contribution in [2.45, 2.75) is 26.7 Å². The number of amides is 2.